The molecule has 0 heterocycles. The number of aliphatic hydroxyl groups is 1. The molecule has 2 unspecified atom stereocenters. The van der Waals surface area contributed by atoms with Gasteiger partial charge in [-0.2, -0.15) is 0 Å². The predicted molar refractivity (Wildman–Crippen MR) is 58.8 cm³/mol. The van der Waals surface area contributed by atoms with Crippen molar-refractivity contribution < 1.29 is 5.11 Å². The number of rotatable bonds is 8. The zero-order valence-corrected chi connectivity index (χ0v) is 9.55. The molecule has 13 heavy (non-hydrogen) atoms. The molecule has 1 nitrogen and oxygen atoms in total. The highest BCUT2D eigenvalue weighted by Crippen LogP contribution is 2.19. The molecule has 0 bridgehead atoms. The first-order chi connectivity index (χ1) is 6.20. The van der Waals surface area contributed by atoms with Crippen molar-refractivity contribution in [1.82, 2.24) is 0 Å². The summed E-state index contributed by atoms with van der Waals surface area (Å²) in [7, 11) is 0. The average Bonchev–Trinajstić information content (AvgIpc) is 2.12. The predicted octanol–water partition coefficient (Wildman–Crippen LogP) is 3.61. The van der Waals surface area contributed by atoms with Gasteiger partial charge in [0.05, 0.1) is 0 Å². The molecule has 2 atom stereocenters. The third-order valence-electron chi connectivity index (χ3n) is 2.79. The van der Waals surface area contributed by atoms with Gasteiger partial charge in [0.15, 0.2) is 0 Å². The van der Waals surface area contributed by atoms with Crippen LogP contribution in [0.5, 0.6) is 0 Å². The minimum atomic E-state index is 0.356. The zero-order chi connectivity index (χ0) is 10.1. The minimum Gasteiger partial charge on any atom is -0.396 e. The molecular weight excluding hydrogens is 160 g/mol. The van der Waals surface area contributed by atoms with E-state index in [1.807, 2.05) is 0 Å². The summed E-state index contributed by atoms with van der Waals surface area (Å²) in [6, 6.07) is 0. The minimum absolute atomic E-state index is 0.356. The summed E-state index contributed by atoms with van der Waals surface area (Å²) in [5.41, 5.74) is 0. The second-order valence-corrected chi connectivity index (χ2v) is 4.44. The van der Waals surface area contributed by atoms with E-state index in [1.165, 1.54) is 32.1 Å². The van der Waals surface area contributed by atoms with Gasteiger partial charge in [-0.05, 0) is 24.7 Å². The van der Waals surface area contributed by atoms with Crippen LogP contribution in [-0.2, 0) is 0 Å². The van der Waals surface area contributed by atoms with Gasteiger partial charge in [-0.1, -0.05) is 46.5 Å². The summed E-state index contributed by atoms with van der Waals surface area (Å²) in [5, 5.41) is 8.68. The molecular formula is C12H26O. The Hall–Kier alpha value is -0.0400. The third-order valence-corrected chi connectivity index (χ3v) is 2.79. The second-order valence-electron chi connectivity index (χ2n) is 4.44. The Morgan fingerprint density at radius 1 is 0.923 bits per heavy atom. The summed E-state index contributed by atoms with van der Waals surface area (Å²) in [6.45, 7) is 7.26. The van der Waals surface area contributed by atoms with E-state index < -0.39 is 0 Å². The van der Waals surface area contributed by atoms with Crippen LogP contribution in [0.15, 0.2) is 0 Å². The van der Waals surface area contributed by atoms with Crippen molar-refractivity contribution >= 4 is 0 Å². The van der Waals surface area contributed by atoms with Gasteiger partial charge < -0.3 is 5.11 Å². The van der Waals surface area contributed by atoms with Crippen molar-refractivity contribution in [3.05, 3.63) is 0 Å². The lowest BCUT2D eigenvalue weighted by Crippen LogP contribution is -2.01. The van der Waals surface area contributed by atoms with Gasteiger partial charge >= 0.3 is 0 Å². The highest BCUT2D eigenvalue weighted by Gasteiger charge is 2.05. The third kappa shape index (κ3) is 8.29. The number of hydrogen-bond acceptors (Lipinski definition) is 1. The van der Waals surface area contributed by atoms with Gasteiger partial charge in [-0.15, -0.1) is 0 Å². The van der Waals surface area contributed by atoms with E-state index in [0.717, 1.165) is 18.3 Å². The van der Waals surface area contributed by atoms with E-state index >= 15 is 0 Å². The molecule has 0 spiro atoms. The quantitative estimate of drug-likeness (QED) is 0.614. The van der Waals surface area contributed by atoms with Crippen LogP contribution in [0.25, 0.3) is 0 Å². The topological polar surface area (TPSA) is 20.2 Å². The average molecular weight is 186 g/mol. The molecule has 0 rings (SSSR count). The Balaban J connectivity index is 3.29. The highest BCUT2D eigenvalue weighted by atomic mass is 16.2. The van der Waals surface area contributed by atoms with Crippen LogP contribution in [0.3, 0.4) is 0 Å². The van der Waals surface area contributed by atoms with Gasteiger partial charge in [-0.25, -0.2) is 0 Å². The van der Waals surface area contributed by atoms with Gasteiger partial charge in [0.25, 0.3) is 0 Å². The van der Waals surface area contributed by atoms with Crippen molar-refractivity contribution in [3.63, 3.8) is 0 Å². The number of aliphatic hydroxyl groups excluding tert-OH is 1. The summed E-state index contributed by atoms with van der Waals surface area (Å²) >= 11 is 0. The summed E-state index contributed by atoms with van der Waals surface area (Å²) in [4.78, 5) is 0. The van der Waals surface area contributed by atoms with Crippen molar-refractivity contribution in [2.24, 2.45) is 11.8 Å². The Morgan fingerprint density at radius 3 is 1.92 bits per heavy atom. The van der Waals surface area contributed by atoms with E-state index in [1.54, 1.807) is 0 Å². The van der Waals surface area contributed by atoms with Gasteiger partial charge in [0.2, 0.25) is 0 Å². The van der Waals surface area contributed by atoms with Crippen LogP contribution in [0, 0.1) is 11.8 Å². The molecule has 0 saturated heterocycles. The van der Waals surface area contributed by atoms with Gasteiger partial charge in [-0.3, -0.25) is 0 Å². The molecule has 0 saturated carbocycles. The Labute approximate surface area is 83.5 Å². The smallest absolute Gasteiger partial charge is 0.0431 e. The highest BCUT2D eigenvalue weighted by molar-refractivity contribution is 4.58. The SMILES string of the molecule is CCCC(C)CCC(C)CCCO. The fourth-order valence-electron chi connectivity index (χ4n) is 1.79. The van der Waals surface area contributed by atoms with Crippen LogP contribution in [0.4, 0.5) is 0 Å². The molecule has 0 aromatic rings. The molecule has 0 aliphatic rings. The Kier molecular flexibility index (Phi) is 8.53. The van der Waals surface area contributed by atoms with Crippen molar-refractivity contribution in [2.75, 3.05) is 6.61 Å². The molecule has 0 aromatic carbocycles. The lowest BCUT2D eigenvalue weighted by molar-refractivity contribution is 0.268. The fourth-order valence-corrected chi connectivity index (χ4v) is 1.79. The summed E-state index contributed by atoms with van der Waals surface area (Å²) < 4.78 is 0. The zero-order valence-electron chi connectivity index (χ0n) is 9.55. The molecule has 0 fully saturated rings. The fraction of sp³-hybridized carbons (Fsp3) is 1.00. The summed E-state index contributed by atoms with van der Waals surface area (Å²) in [6.07, 6.45) is 7.54. The largest absolute Gasteiger partial charge is 0.396 e. The molecule has 0 aromatic heterocycles. The van der Waals surface area contributed by atoms with Crippen LogP contribution < -0.4 is 0 Å². The van der Waals surface area contributed by atoms with E-state index in [0.29, 0.717) is 6.61 Å². The standard InChI is InChI=1S/C12H26O/c1-4-6-11(2)8-9-12(3)7-5-10-13/h11-13H,4-10H2,1-3H3. The lowest BCUT2D eigenvalue weighted by Gasteiger charge is -2.14. The van der Waals surface area contributed by atoms with Gasteiger partial charge in [0.1, 0.15) is 0 Å². The molecule has 0 aliphatic carbocycles. The molecule has 1 heteroatoms. The van der Waals surface area contributed by atoms with E-state index in [-0.39, 0.29) is 0 Å². The molecule has 0 amide bonds. The first kappa shape index (κ1) is 13.0. The van der Waals surface area contributed by atoms with Crippen LogP contribution in [0.1, 0.15) is 59.3 Å². The monoisotopic (exact) mass is 186 g/mol. The first-order valence-electron chi connectivity index (χ1n) is 5.81. The number of hydrogen-bond donors (Lipinski definition) is 1. The summed E-state index contributed by atoms with van der Waals surface area (Å²) in [5.74, 6) is 1.69. The van der Waals surface area contributed by atoms with Crippen LogP contribution >= 0.6 is 0 Å². The lowest BCUT2D eigenvalue weighted by atomic mass is 9.93. The first-order valence-corrected chi connectivity index (χ1v) is 5.81. The van der Waals surface area contributed by atoms with Crippen molar-refractivity contribution in [1.29, 1.82) is 0 Å². The van der Waals surface area contributed by atoms with E-state index in [4.69, 9.17) is 5.11 Å². The maximum Gasteiger partial charge on any atom is 0.0431 e. The molecule has 0 aliphatic heterocycles. The molecule has 80 valence electrons. The molecule has 1 N–H and O–H groups in total. The van der Waals surface area contributed by atoms with Crippen molar-refractivity contribution in [3.8, 4) is 0 Å². The Morgan fingerprint density at radius 2 is 1.46 bits per heavy atom. The Bertz CT molecular complexity index is 101. The molecule has 0 radical (unpaired) electrons. The normalized spacial score (nSPS) is 15.7. The van der Waals surface area contributed by atoms with Crippen molar-refractivity contribution in [2.45, 2.75) is 59.3 Å². The second kappa shape index (κ2) is 8.55. The van der Waals surface area contributed by atoms with E-state index in [9.17, 15) is 0 Å². The maximum absolute atomic E-state index is 8.68. The maximum atomic E-state index is 8.68. The van der Waals surface area contributed by atoms with Gasteiger partial charge in [0, 0.05) is 6.61 Å². The van der Waals surface area contributed by atoms with Crippen LogP contribution in [-0.4, -0.2) is 11.7 Å². The van der Waals surface area contributed by atoms with Crippen LogP contribution in [0.2, 0.25) is 0 Å². The van der Waals surface area contributed by atoms with E-state index in [2.05, 4.69) is 20.8 Å².